The number of phenolic OH excluding ortho intramolecular Hbond substituents is 1. The van der Waals surface area contributed by atoms with E-state index >= 15 is 0 Å². The largest absolute Gasteiger partial charge is 0.508 e. The van der Waals surface area contributed by atoms with Crippen LogP contribution in [-0.2, 0) is 6.54 Å². The van der Waals surface area contributed by atoms with Crippen molar-refractivity contribution in [1.29, 1.82) is 0 Å². The maximum absolute atomic E-state index is 12.3. The molecule has 0 amide bonds. The lowest BCUT2D eigenvalue weighted by Crippen LogP contribution is -2.42. The minimum Gasteiger partial charge on any atom is -0.508 e. The lowest BCUT2D eigenvalue weighted by molar-refractivity contribution is 0.159. The number of rotatable bonds is 7. The summed E-state index contributed by atoms with van der Waals surface area (Å²) in [5.74, 6) is -0.0265. The normalized spacial score (nSPS) is 13.1. The molecule has 0 fully saturated rings. The number of aromatic amines is 2. The molecular weight excluding hydrogens is 396 g/mol. The number of nitrogens with zero attached hydrogens (tertiary/aromatic N) is 1. The van der Waals surface area contributed by atoms with Crippen LogP contribution in [0.1, 0.15) is 31.9 Å². The number of pyridine rings is 1. The number of nitrogens with one attached hydrogen (secondary N) is 3. The molecule has 1 unspecified atom stereocenters. The van der Waals surface area contributed by atoms with Crippen LogP contribution >= 0.6 is 0 Å². The quantitative estimate of drug-likeness (QED) is 0.313. The van der Waals surface area contributed by atoms with Crippen LogP contribution < -0.4 is 16.6 Å². The van der Waals surface area contributed by atoms with E-state index in [1.807, 2.05) is 38.1 Å². The molecule has 1 atom stereocenters. The van der Waals surface area contributed by atoms with Crippen molar-refractivity contribution in [2.45, 2.75) is 38.5 Å². The summed E-state index contributed by atoms with van der Waals surface area (Å²) in [4.78, 5) is 29.4. The second-order valence-corrected chi connectivity index (χ2v) is 8.45. The maximum atomic E-state index is 12.3. The van der Waals surface area contributed by atoms with Crippen LogP contribution in [0.5, 0.6) is 5.75 Å². The molecule has 162 valence electrons. The Morgan fingerprint density at radius 3 is 2.65 bits per heavy atom. The van der Waals surface area contributed by atoms with Crippen molar-refractivity contribution in [3.63, 3.8) is 0 Å². The Kier molecular flexibility index (Phi) is 5.43. The summed E-state index contributed by atoms with van der Waals surface area (Å²) in [6.07, 6.45) is -0.231. The number of hydrogen-bond donors (Lipinski definition) is 5. The summed E-state index contributed by atoms with van der Waals surface area (Å²) in [5.41, 5.74) is 1.90. The minimum atomic E-state index is -0.893. The number of imidazole rings is 1. The molecule has 8 heteroatoms. The first-order chi connectivity index (χ1) is 14.7. The number of β-amino-alcohol motifs (C(OH)–C–C–N with tert-alkyl or cyclic N) is 1. The average molecular weight is 422 g/mol. The van der Waals surface area contributed by atoms with E-state index in [0.717, 1.165) is 11.0 Å². The predicted octanol–water partition coefficient (Wildman–Crippen LogP) is 2.37. The molecule has 0 bridgehead atoms. The molecule has 0 aliphatic rings. The highest BCUT2D eigenvalue weighted by molar-refractivity contribution is 5.84. The first-order valence-corrected chi connectivity index (χ1v) is 10.2. The van der Waals surface area contributed by atoms with Gasteiger partial charge in [0.15, 0.2) is 0 Å². The van der Waals surface area contributed by atoms with E-state index in [1.54, 1.807) is 10.6 Å². The zero-order chi connectivity index (χ0) is 22.2. The Morgan fingerprint density at radius 2 is 1.84 bits per heavy atom. The Bertz CT molecular complexity index is 1350. The zero-order valence-corrected chi connectivity index (χ0v) is 17.5. The third kappa shape index (κ3) is 4.40. The van der Waals surface area contributed by atoms with Gasteiger partial charge in [-0.3, -0.25) is 9.36 Å². The topological polar surface area (TPSA) is 123 Å². The Morgan fingerprint density at radius 1 is 1.06 bits per heavy atom. The second kappa shape index (κ2) is 8.05. The SMILES string of the molecule is CC(C)(CCn1c(=O)[nH]c2ccccc21)NCC(O)c1cc(O)cc2[nH]c(=O)ccc12. The van der Waals surface area contributed by atoms with Crippen LogP contribution in [0.2, 0.25) is 0 Å². The summed E-state index contributed by atoms with van der Waals surface area (Å²) in [7, 11) is 0. The van der Waals surface area contributed by atoms with Crippen molar-refractivity contribution >= 4 is 21.9 Å². The van der Waals surface area contributed by atoms with E-state index in [1.165, 1.54) is 18.2 Å². The molecule has 0 saturated carbocycles. The van der Waals surface area contributed by atoms with Gasteiger partial charge in [-0.05, 0) is 50.1 Å². The molecule has 0 radical (unpaired) electrons. The number of fused-ring (bicyclic) bond motifs is 2. The van der Waals surface area contributed by atoms with Gasteiger partial charge in [0.1, 0.15) is 5.75 Å². The summed E-state index contributed by atoms with van der Waals surface area (Å²) in [6.45, 7) is 4.79. The van der Waals surface area contributed by atoms with E-state index in [-0.39, 0.29) is 29.1 Å². The monoisotopic (exact) mass is 422 g/mol. The van der Waals surface area contributed by atoms with Crippen molar-refractivity contribution in [1.82, 2.24) is 19.9 Å². The minimum absolute atomic E-state index is 0.0265. The fourth-order valence-electron chi connectivity index (χ4n) is 3.85. The van der Waals surface area contributed by atoms with Gasteiger partial charge in [-0.2, -0.15) is 0 Å². The Labute approximate surface area is 178 Å². The third-order valence-electron chi connectivity index (χ3n) is 5.63. The van der Waals surface area contributed by atoms with Crippen molar-refractivity contribution in [2.75, 3.05) is 6.54 Å². The summed E-state index contributed by atoms with van der Waals surface area (Å²) in [5, 5.41) is 24.8. The maximum Gasteiger partial charge on any atom is 0.326 e. The number of aliphatic hydroxyl groups excluding tert-OH is 1. The highest BCUT2D eigenvalue weighted by Gasteiger charge is 2.21. The van der Waals surface area contributed by atoms with Crippen molar-refractivity contribution in [3.8, 4) is 5.75 Å². The predicted molar refractivity (Wildman–Crippen MR) is 120 cm³/mol. The number of hydrogen-bond acceptors (Lipinski definition) is 5. The van der Waals surface area contributed by atoms with Crippen LogP contribution in [0, 0.1) is 0 Å². The van der Waals surface area contributed by atoms with Crippen molar-refractivity contribution < 1.29 is 10.2 Å². The number of aromatic hydroxyl groups is 1. The molecule has 0 spiro atoms. The lowest BCUT2D eigenvalue weighted by atomic mass is 9.98. The molecule has 2 aromatic heterocycles. The van der Waals surface area contributed by atoms with E-state index in [4.69, 9.17) is 0 Å². The molecule has 0 aliphatic carbocycles. The number of phenols is 1. The highest BCUT2D eigenvalue weighted by atomic mass is 16.3. The lowest BCUT2D eigenvalue weighted by Gasteiger charge is -2.28. The molecular formula is C23H26N4O4. The Hall–Kier alpha value is -3.36. The van der Waals surface area contributed by atoms with Gasteiger partial charge < -0.3 is 25.5 Å². The van der Waals surface area contributed by atoms with Crippen LogP contribution in [0.25, 0.3) is 21.9 Å². The van der Waals surface area contributed by atoms with Gasteiger partial charge in [-0.1, -0.05) is 12.1 Å². The molecule has 5 N–H and O–H groups in total. The van der Waals surface area contributed by atoms with E-state index in [2.05, 4.69) is 15.3 Å². The zero-order valence-electron chi connectivity index (χ0n) is 17.5. The van der Waals surface area contributed by atoms with Gasteiger partial charge in [0, 0.05) is 36.1 Å². The van der Waals surface area contributed by atoms with Crippen LogP contribution in [0.15, 0.2) is 58.1 Å². The smallest absolute Gasteiger partial charge is 0.326 e. The first-order valence-electron chi connectivity index (χ1n) is 10.2. The molecule has 0 saturated heterocycles. The van der Waals surface area contributed by atoms with Crippen LogP contribution in [0.3, 0.4) is 0 Å². The van der Waals surface area contributed by atoms with Crippen molar-refractivity contribution in [2.24, 2.45) is 0 Å². The van der Waals surface area contributed by atoms with Crippen LogP contribution in [-0.4, -0.2) is 36.8 Å². The van der Waals surface area contributed by atoms with E-state index < -0.39 is 6.10 Å². The van der Waals surface area contributed by atoms with Gasteiger partial charge in [0.2, 0.25) is 5.56 Å². The van der Waals surface area contributed by atoms with Gasteiger partial charge in [-0.25, -0.2) is 4.79 Å². The van der Waals surface area contributed by atoms with Gasteiger partial charge in [-0.15, -0.1) is 0 Å². The summed E-state index contributed by atoms with van der Waals surface area (Å²) < 4.78 is 1.72. The fraction of sp³-hybridized carbons (Fsp3) is 0.304. The first kappa shape index (κ1) is 20.9. The number of para-hydroxylation sites is 2. The molecule has 2 heterocycles. The van der Waals surface area contributed by atoms with Gasteiger partial charge in [0.25, 0.3) is 0 Å². The molecule has 31 heavy (non-hydrogen) atoms. The highest BCUT2D eigenvalue weighted by Crippen LogP contribution is 2.27. The molecule has 0 aliphatic heterocycles. The number of aliphatic hydroxyl groups is 1. The number of H-pyrrole nitrogens is 2. The number of aromatic nitrogens is 3. The number of aryl methyl sites for hydroxylation is 1. The molecule has 8 nitrogen and oxygen atoms in total. The van der Waals surface area contributed by atoms with Gasteiger partial charge in [0.05, 0.1) is 22.7 Å². The summed E-state index contributed by atoms with van der Waals surface area (Å²) >= 11 is 0. The Balaban J connectivity index is 1.47. The average Bonchev–Trinajstić information content (AvgIpc) is 3.04. The second-order valence-electron chi connectivity index (χ2n) is 8.45. The summed E-state index contributed by atoms with van der Waals surface area (Å²) in [6, 6.07) is 13.6. The number of benzene rings is 2. The molecule has 2 aromatic carbocycles. The van der Waals surface area contributed by atoms with Crippen molar-refractivity contribution in [3.05, 3.63) is 74.9 Å². The van der Waals surface area contributed by atoms with E-state index in [9.17, 15) is 19.8 Å². The fourth-order valence-corrected chi connectivity index (χ4v) is 3.85. The molecule has 4 rings (SSSR count). The standard InChI is InChI=1S/C23H26N4O4/c1-23(2,9-10-27-19-6-4-3-5-17(19)26-22(27)31)24-13-20(29)16-11-14(28)12-18-15(16)7-8-21(30)25-18/h3-8,11-12,20,24,28-29H,9-10,13H2,1-2H3,(H,25,30)(H,26,31). The molecule has 4 aromatic rings. The van der Waals surface area contributed by atoms with Crippen LogP contribution in [0.4, 0.5) is 0 Å². The van der Waals surface area contributed by atoms with E-state index in [0.29, 0.717) is 29.4 Å². The third-order valence-corrected chi connectivity index (χ3v) is 5.63. The van der Waals surface area contributed by atoms with Gasteiger partial charge >= 0.3 is 5.69 Å².